The molecule has 4 amide bonds. The molecule has 1 aliphatic rings. The molecule has 0 spiro atoms. The molecule has 0 radical (unpaired) electrons. The van der Waals surface area contributed by atoms with Crippen LogP contribution in [0.1, 0.15) is 22.3 Å². The summed E-state index contributed by atoms with van der Waals surface area (Å²) in [6.07, 6.45) is 0. The first kappa shape index (κ1) is 20.4. The zero-order chi connectivity index (χ0) is 21.3. The van der Waals surface area contributed by atoms with Gasteiger partial charge in [-0.3, -0.25) is 14.9 Å². The third-order valence-electron chi connectivity index (χ3n) is 4.81. The number of hydrogen-bond acceptors (Lipinski definition) is 6. The Kier molecular flexibility index (Phi) is 5.48. The second-order valence-corrected chi connectivity index (χ2v) is 9.39. The molecule has 1 atom stereocenters. The molecular weight excluding hydrogens is 420 g/mol. The Labute approximate surface area is 181 Å². The highest BCUT2D eigenvalue weighted by atomic mass is 32.2. The van der Waals surface area contributed by atoms with Crippen molar-refractivity contribution in [1.82, 2.24) is 20.5 Å². The van der Waals surface area contributed by atoms with Gasteiger partial charge in [-0.2, -0.15) is 0 Å². The van der Waals surface area contributed by atoms with Crippen LogP contribution in [0.25, 0.3) is 10.2 Å². The van der Waals surface area contributed by atoms with Crippen molar-refractivity contribution in [3.05, 3.63) is 59.1 Å². The molecule has 7 nitrogen and oxygen atoms in total. The van der Waals surface area contributed by atoms with Crippen LogP contribution >= 0.6 is 23.1 Å². The number of rotatable bonds is 6. The maximum atomic E-state index is 13.1. The fraction of sp³-hybridized carbons (Fsp3) is 0.238. The van der Waals surface area contributed by atoms with Crippen LogP contribution in [-0.2, 0) is 11.3 Å². The number of para-hydroxylation sites is 1. The summed E-state index contributed by atoms with van der Waals surface area (Å²) >= 11 is 2.94. The number of imide groups is 1. The van der Waals surface area contributed by atoms with Crippen molar-refractivity contribution in [2.75, 3.05) is 12.8 Å². The first-order valence-electron chi connectivity index (χ1n) is 9.31. The molecule has 154 valence electrons. The second kappa shape index (κ2) is 8.08. The number of benzene rings is 2. The van der Waals surface area contributed by atoms with Gasteiger partial charge in [0.15, 0.2) is 0 Å². The average Bonchev–Trinajstić information content (AvgIpc) is 3.25. The number of carbonyl (C=O) groups excluding carboxylic acids is 3. The van der Waals surface area contributed by atoms with Crippen LogP contribution in [0.4, 0.5) is 4.79 Å². The third kappa shape index (κ3) is 4.03. The van der Waals surface area contributed by atoms with E-state index in [1.54, 1.807) is 36.3 Å². The fourth-order valence-electron chi connectivity index (χ4n) is 3.14. The van der Waals surface area contributed by atoms with E-state index >= 15 is 0 Å². The van der Waals surface area contributed by atoms with E-state index in [1.807, 2.05) is 42.5 Å². The molecule has 0 aliphatic carbocycles. The highest BCUT2D eigenvalue weighted by Gasteiger charge is 2.42. The Balaban J connectivity index is 1.48. The van der Waals surface area contributed by atoms with Crippen LogP contribution in [0.2, 0.25) is 0 Å². The molecule has 1 fully saturated rings. The minimum absolute atomic E-state index is 0.123. The number of urea groups is 1. The van der Waals surface area contributed by atoms with E-state index in [0.29, 0.717) is 17.9 Å². The quantitative estimate of drug-likeness (QED) is 0.454. The van der Waals surface area contributed by atoms with Crippen molar-refractivity contribution in [2.45, 2.75) is 23.9 Å². The Morgan fingerprint density at radius 1 is 1.17 bits per heavy atom. The Bertz CT molecular complexity index is 1110. The number of aromatic nitrogens is 1. The lowest BCUT2D eigenvalue weighted by atomic mass is 10.1. The maximum absolute atomic E-state index is 13.1. The van der Waals surface area contributed by atoms with Crippen LogP contribution < -0.4 is 10.6 Å². The molecule has 1 aromatic heterocycles. The summed E-state index contributed by atoms with van der Waals surface area (Å²) < 4.78 is 1.09. The molecule has 2 aromatic carbocycles. The summed E-state index contributed by atoms with van der Waals surface area (Å²) in [7, 11) is 1.75. The van der Waals surface area contributed by atoms with E-state index in [9.17, 15) is 14.4 Å². The van der Waals surface area contributed by atoms with Crippen LogP contribution in [0.3, 0.4) is 0 Å². The number of carbonyl (C=O) groups is 3. The van der Waals surface area contributed by atoms with Gasteiger partial charge < -0.3 is 10.2 Å². The number of fused-ring (bicyclic) bond motifs is 1. The molecule has 3 aromatic rings. The monoisotopic (exact) mass is 440 g/mol. The van der Waals surface area contributed by atoms with Crippen molar-refractivity contribution in [3.63, 3.8) is 0 Å². The van der Waals surface area contributed by atoms with Gasteiger partial charge in [0.25, 0.3) is 11.8 Å². The molecule has 4 rings (SSSR count). The first-order chi connectivity index (χ1) is 14.4. The summed E-state index contributed by atoms with van der Waals surface area (Å²) in [5, 5.41) is 5.77. The average molecular weight is 441 g/mol. The summed E-state index contributed by atoms with van der Waals surface area (Å²) in [6, 6.07) is 14.7. The lowest BCUT2D eigenvalue weighted by Crippen LogP contribution is -2.46. The van der Waals surface area contributed by atoms with Crippen LogP contribution in [0, 0.1) is 0 Å². The number of thiazole rings is 1. The van der Waals surface area contributed by atoms with Gasteiger partial charge in [0, 0.05) is 17.7 Å². The summed E-state index contributed by atoms with van der Waals surface area (Å²) in [4.78, 5) is 43.6. The molecule has 1 saturated heterocycles. The van der Waals surface area contributed by atoms with Crippen LogP contribution in [-0.4, -0.2) is 46.1 Å². The number of nitrogens with one attached hydrogen (secondary N) is 2. The van der Waals surface area contributed by atoms with Gasteiger partial charge >= 0.3 is 6.03 Å². The molecule has 1 aliphatic heterocycles. The van der Waals surface area contributed by atoms with Gasteiger partial charge in [-0.25, -0.2) is 9.78 Å². The van der Waals surface area contributed by atoms with Crippen molar-refractivity contribution < 1.29 is 14.4 Å². The number of hydrogen-bond donors (Lipinski definition) is 2. The number of amides is 4. The summed E-state index contributed by atoms with van der Waals surface area (Å²) in [6.45, 7) is 2.08. The summed E-state index contributed by atoms with van der Waals surface area (Å²) in [5.74, 6) is -0.171. The molecule has 2 N–H and O–H groups in total. The van der Waals surface area contributed by atoms with E-state index in [1.165, 1.54) is 11.8 Å². The lowest BCUT2D eigenvalue weighted by Gasteiger charge is -2.21. The molecule has 0 saturated carbocycles. The molecule has 30 heavy (non-hydrogen) atoms. The Hall–Kier alpha value is -2.91. The zero-order valence-corrected chi connectivity index (χ0v) is 18.1. The Morgan fingerprint density at radius 2 is 1.90 bits per heavy atom. The minimum Gasteiger partial charge on any atom is -0.335 e. The van der Waals surface area contributed by atoms with E-state index in [2.05, 4.69) is 15.6 Å². The van der Waals surface area contributed by atoms with E-state index in [0.717, 1.165) is 20.1 Å². The second-order valence-electron chi connectivity index (χ2n) is 7.26. The Morgan fingerprint density at radius 3 is 2.63 bits per heavy atom. The van der Waals surface area contributed by atoms with E-state index < -0.39 is 11.6 Å². The fourth-order valence-corrected chi connectivity index (χ4v) is 5.29. The van der Waals surface area contributed by atoms with Crippen molar-refractivity contribution in [1.29, 1.82) is 0 Å². The van der Waals surface area contributed by atoms with Crippen molar-refractivity contribution in [2.24, 2.45) is 0 Å². The van der Waals surface area contributed by atoms with Gasteiger partial charge in [0.2, 0.25) is 0 Å². The van der Waals surface area contributed by atoms with Crippen molar-refractivity contribution >= 4 is 51.2 Å². The summed E-state index contributed by atoms with van der Waals surface area (Å²) in [5.41, 5.74) is 0.476. The zero-order valence-electron chi connectivity index (χ0n) is 16.5. The molecule has 9 heteroatoms. The van der Waals surface area contributed by atoms with E-state index in [4.69, 9.17) is 0 Å². The van der Waals surface area contributed by atoms with Gasteiger partial charge in [-0.15, -0.1) is 23.1 Å². The number of nitrogens with zero attached hydrogens (tertiary/aromatic N) is 2. The largest absolute Gasteiger partial charge is 0.335 e. The molecule has 0 unspecified atom stereocenters. The minimum atomic E-state index is -1.01. The highest BCUT2D eigenvalue weighted by molar-refractivity contribution is 7.99. The van der Waals surface area contributed by atoms with Gasteiger partial charge in [-0.1, -0.05) is 24.3 Å². The standard InChI is InChI=1S/C21H20N4O3S2/c1-21(19(27)23-20(28)24-21)12-29-15-9-5-3-7-13(15)18(26)25(2)11-17-22-14-8-4-6-10-16(14)30-17/h3-10H,11-12H2,1-2H3,(H2,23,24,27,28)/t21-/m0/s1. The van der Waals surface area contributed by atoms with Gasteiger partial charge in [0.05, 0.1) is 22.3 Å². The van der Waals surface area contributed by atoms with Crippen molar-refractivity contribution in [3.8, 4) is 0 Å². The normalized spacial score (nSPS) is 18.3. The van der Waals surface area contributed by atoms with Crippen LogP contribution in [0.5, 0.6) is 0 Å². The van der Waals surface area contributed by atoms with Gasteiger partial charge in [-0.05, 0) is 31.2 Å². The maximum Gasteiger partial charge on any atom is 0.322 e. The first-order valence-corrected chi connectivity index (χ1v) is 11.1. The lowest BCUT2D eigenvalue weighted by molar-refractivity contribution is -0.122. The smallest absolute Gasteiger partial charge is 0.322 e. The topological polar surface area (TPSA) is 91.4 Å². The predicted octanol–water partition coefficient (Wildman–Crippen LogP) is 3.26. The molecule has 2 heterocycles. The predicted molar refractivity (Wildman–Crippen MR) is 118 cm³/mol. The van der Waals surface area contributed by atoms with E-state index in [-0.39, 0.29) is 11.8 Å². The molecular formula is C21H20N4O3S2. The van der Waals surface area contributed by atoms with Gasteiger partial charge in [0.1, 0.15) is 10.5 Å². The third-order valence-corrected chi connectivity index (χ3v) is 7.22. The number of thioether (sulfide) groups is 1. The highest BCUT2D eigenvalue weighted by Crippen LogP contribution is 2.29. The SMILES string of the molecule is CN(Cc1nc2ccccc2s1)C(=O)c1ccccc1SC[C@]1(C)NC(=O)NC1=O. The molecule has 0 bridgehead atoms. The van der Waals surface area contributed by atoms with Crippen LogP contribution in [0.15, 0.2) is 53.4 Å².